The molecule has 29 heavy (non-hydrogen) atoms. The first kappa shape index (κ1) is 19.0. The van der Waals surface area contributed by atoms with Gasteiger partial charge in [-0.3, -0.25) is 4.79 Å². The molecule has 1 amide bonds. The fourth-order valence-corrected chi connectivity index (χ4v) is 3.76. The molecule has 2 heterocycles. The molecule has 0 unspecified atom stereocenters. The van der Waals surface area contributed by atoms with E-state index in [2.05, 4.69) is 9.97 Å². The SMILES string of the molecule is Nc1ncc(-c2cccc(F)c2)c([C@H]2CCCCN2C(=O)c2ccc(F)cc2)n1. The number of rotatable bonds is 3. The summed E-state index contributed by atoms with van der Waals surface area (Å²) < 4.78 is 27.1. The van der Waals surface area contributed by atoms with E-state index >= 15 is 0 Å². The van der Waals surface area contributed by atoms with Crippen LogP contribution in [0.15, 0.2) is 54.7 Å². The third kappa shape index (κ3) is 3.94. The third-order valence-electron chi connectivity index (χ3n) is 5.14. The highest BCUT2D eigenvalue weighted by atomic mass is 19.1. The summed E-state index contributed by atoms with van der Waals surface area (Å²) >= 11 is 0. The van der Waals surface area contributed by atoms with E-state index in [1.54, 1.807) is 23.2 Å². The van der Waals surface area contributed by atoms with Gasteiger partial charge >= 0.3 is 0 Å². The zero-order valence-corrected chi connectivity index (χ0v) is 15.7. The molecule has 2 N–H and O–H groups in total. The Hall–Kier alpha value is -3.35. The molecular formula is C22H20F2N4O. The van der Waals surface area contributed by atoms with Crippen molar-refractivity contribution in [2.75, 3.05) is 12.3 Å². The van der Waals surface area contributed by atoms with Gasteiger partial charge in [0.15, 0.2) is 0 Å². The summed E-state index contributed by atoms with van der Waals surface area (Å²) in [7, 11) is 0. The van der Waals surface area contributed by atoms with E-state index in [-0.39, 0.29) is 23.7 Å². The molecule has 1 fully saturated rings. The number of likely N-dealkylation sites (tertiary alicyclic amines) is 1. The second-order valence-corrected chi connectivity index (χ2v) is 7.05. The number of carbonyl (C=O) groups excluding carboxylic acids is 1. The lowest BCUT2D eigenvalue weighted by molar-refractivity contribution is 0.0607. The largest absolute Gasteiger partial charge is 0.368 e. The van der Waals surface area contributed by atoms with E-state index in [9.17, 15) is 13.6 Å². The smallest absolute Gasteiger partial charge is 0.254 e. The molecule has 1 atom stereocenters. The van der Waals surface area contributed by atoms with Gasteiger partial charge in [0.2, 0.25) is 5.95 Å². The first-order valence-corrected chi connectivity index (χ1v) is 9.48. The van der Waals surface area contributed by atoms with Crippen LogP contribution in [0.1, 0.15) is 41.4 Å². The van der Waals surface area contributed by atoms with Crippen LogP contribution in [0.4, 0.5) is 14.7 Å². The standard InChI is InChI=1S/C22H20F2N4O/c23-16-9-7-14(8-10-16)21(29)28-11-2-1-6-19(28)20-18(13-26-22(25)27-20)15-4-3-5-17(24)12-15/h3-5,7-10,12-13,19H,1-2,6,11H2,(H2,25,26,27)/t19-/m1/s1. The third-order valence-corrected chi connectivity index (χ3v) is 5.14. The molecule has 0 spiro atoms. The summed E-state index contributed by atoms with van der Waals surface area (Å²) in [5, 5.41) is 0. The Morgan fingerprint density at radius 2 is 1.86 bits per heavy atom. The first-order chi connectivity index (χ1) is 14.0. The minimum absolute atomic E-state index is 0.0971. The fourth-order valence-electron chi connectivity index (χ4n) is 3.76. The summed E-state index contributed by atoms with van der Waals surface area (Å²) in [5.41, 5.74) is 8.12. The second-order valence-electron chi connectivity index (χ2n) is 7.05. The minimum atomic E-state index is -0.395. The number of halogens is 2. The van der Waals surface area contributed by atoms with Crippen molar-refractivity contribution < 1.29 is 13.6 Å². The van der Waals surface area contributed by atoms with Gasteiger partial charge in [-0.05, 0) is 61.2 Å². The molecule has 2 aromatic carbocycles. The number of aromatic nitrogens is 2. The van der Waals surface area contributed by atoms with Gasteiger partial charge in [0.05, 0.1) is 11.7 Å². The van der Waals surface area contributed by atoms with Crippen LogP contribution in [0.5, 0.6) is 0 Å². The zero-order valence-electron chi connectivity index (χ0n) is 15.7. The van der Waals surface area contributed by atoms with Crippen LogP contribution < -0.4 is 5.73 Å². The molecule has 5 nitrogen and oxygen atoms in total. The lowest BCUT2D eigenvalue weighted by Crippen LogP contribution is -2.39. The molecule has 0 aliphatic carbocycles. The van der Waals surface area contributed by atoms with Gasteiger partial charge in [-0.15, -0.1) is 0 Å². The number of anilines is 1. The van der Waals surface area contributed by atoms with Crippen LogP contribution in [0.3, 0.4) is 0 Å². The van der Waals surface area contributed by atoms with Gasteiger partial charge in [0.25, 0.3) is 5.91 Å². The lowest BCUT2D eigenvalue weighted by atomic mass is 9.93. The molecular weight excluding hydrogens is 374 g/mol. The quantitative estimate of drug-likeness (QED) is 0.716. The minimum Gasteiger partial charge on any atom is -0.368 e. The van der Waals surface area contributed by atoms with Crippen LogP contribution >= 0.6 is 0 Å². The van der Waals surface area contributed by atoms with Crippen LogP contribution in [-0.2, 0) is 0 Å². The van der Waals surface area contributed by atoms with Crippen LogP contribution in [0.25, 0.3) is 11.1 Å². The molecule has 0 bridgehead atoms. The monoisotopic (exact) mass is 394 g/mol. The topological polar surface area (TPSA) is 72.1 Å². The highest BCUT2D eigenvalue weighted by molar-refractivity contribution is 5.94. The number of piperidine rings is 1. The highest BCUT2D eigenvalue weighted by Gasteiger charge is 2.32. The average Bonchev–Trinajstić information content (AvgIpc) is 2.74. The number of nitrogen functional groups attached to an aromatic ring is 1. The molecule has 1 saturated heterocycles. The van der Waals surface area contributed by atoms with E-state index in [4.69, 9.17) is 5.73 Å². The Bertz CT molecular complexity index is 1040. The summed E-state index contributed by atoms with van der Waals surface area (Å²) in [5.74, 6) is -0.862. The predicted octanol–water partition coefficient (Wildman–Crippen LogP) is 4.37. The molecule has 1 aromatic heterocycles. The van der Waals surface area contributed by atoms with Crippen LogP contribution in [-0.4, -0.2) is 27.3 Å². The highest BCUT2D eigenvalue weighted by Crippen LogP contribution is 2.36. The summed E-state index contributed by atoms with van der Waals surface area (Å²) in [6, 6.07) is 11.3. The van der Waals surface area contributed by atoms with Crippen molar-refractivity contribution in [3.05, 3.63) is 77.6 Å². The molecule has 148 valence electrons. The number of benzene rings is 2. The van der Waals surface area contributed by atoms with Crippen molar-refractivity contribution in [2.45, 2.75) is 25.3 Å². The van der Waals surface area contributed by atoms with Crippen molar-refractivity contribution in [1.82, 2.24) is 14.9 Å². The maximum Gasteiger partial charge on any atom is 0.254 e. The van der Waals surface area contributed by atoms with Crippen molar-refractivity contribution in [1.29, 1.82) is 0 Å². The number of nitrogens with zero attached hydrogens (tertiary/aromatic N) is 3. The molecule has 1 aliphatic heterocycles. The average molecular weight is 394 g/mol. The summed E-state index contributed by atoms with van der Waals surface area (Å²) in [6.07, 6.45) is 4.05. The fraction of sp³-hybridized carbons (Fsp3) is 0.227. The number of carbonyl (C=O) groups is 1. The Kier molecular flexibility index (Phi) is 5.20. The van der Waals surface area contributed by atoms with Gasteiger partial charge < -0.3 is 10.6 Å². The molecule has 7 heteroatoms. The van der Waals surface area contributed by atoms with Gasteiger partial charge in [-0.2, -0.15) is 0 Å². The van der Waals surface area contributed by atoms with Crippen LogP contribution in [0.2, 0.25) is 0 Å². The summed E-state index contributed by atoms with van der Waals surface area (Å²) in [6.45, 7) is 0.549. The van der Waals surface area contributed by atoms with E-state index in [0.29, 0.717) is 35.3 Å². The van der Waals surface area contributed by atoms with Crippen LogP contribution in [0, 0.1) is 11.6 Å². The number of hydrogen-bond acceptors (Lipinski definition) is 4. The predicted molar refractivity (Wildman–Crippen MR) is 106 cm³/mol. The number of nitrogens with two attached hydrogens (primary N) is 1. The first-order valence-electron chi connectivity index (χ1n) is 9.48. The van der Waals surface area contributed by atoms with Crippen molar-refractivity contribution in [3.8, 4) is 11.1 Å². The van der Waals surface area contributed by atoms with Gasteiger partial charge in [0.1, 0.15) is 11.6 Å². The zero-order chi connectivity index (χ0) is 20.4. The van der Waals surface area contributed by atoms with E-state index in [0.717, 1.165) is 12.8 Å². The maximum atomic E-state index is 13.8. The van der Waals surface area contributed by atoms with Gasteiger partial charge in [-0.25, -0.2) is 18.7 Å². The Morgan fingerprint density at radius 1 is 1.07 bits per heavy atom. The van der Waals surface area contributed by atoms with Crippen molar-refractivity contribution in [2.24, 2.45) is 0 Å². The lowest BCUT2D eigenvalue weighted by Gasteiger charge is -2.36. The Balaban J connectivity index is 1.76. The molecule has 1 aliphatic rings. The Labute approximate surface area is 167 Å². The molecule has 0 radical (unpaired) electrons. The van der Waals surface area contributed by atoms with E-state index < -0.39 is 5.82 Å². The van der Waals surface area contributed by atoms with E-state index in [1.807, 2.05) is 0 Å². The number of hydrogen-bond donors (Lipinski definition) is 1. The van der Waals surface area contributed by atoms with E-state index in [1.165, 1.54) is 36.4 Å². The Morgan fingerprint density at radius 3 is 2.62 bits per heavy atom. The maximum absolute atomic E-state index is 13.8. The van der Waals surface area contributed by atoms with Gasteiger partial charge in [-0.1, -0.05) is 12.1 Å². The molecule has 0 saturated carbocycles. The number of amides is 1. The molecule has 4 rings (SSSR count). The summed E-state index contributed by atoms with van der Waals surface area (Å²) in [4.78, 5) is 23.4. The second kappa shape index (κ2) is 7.95. The van der Waals surface area contributed by atoms with Crippen molar-refractivity contribution in [3.63, 3.8) is 0 Å². The normalized spacial score (nSPS) is 16.6. The van der Waals surface area contributed by atoms with Gasteiger partial charge in [0, 0.05) is 23.9 Å². The van der Waals surface area contributed by atoms with Crippen molar-refractivity contribution >= 4 is 11.9 Å². The molecule has 3 aromatic rings.